The summed E-state index contributed by atoms with van der Waals surface area (Å²) in [6.45, 7) is 0. The van der Waals surface area contributed by atoms with Crippen LogP contribution in [0.4, 0.5) is 0 Å². The van der Waals surface area contributed by atoms with Crippen molar-refractivity contribution in [3.8, 4) is 0 Å². The predicted molar refractivity (Wildman–Crippen MR) is 58.2 cm³/mol. The average Bonchev–Trinajstić information content (AvgIpc) is 2.60. The molecule has 2 aliphatic carbocycles. The van der Waals surface area contributed by atoms with Gasteiger partial charge in [-0.3, -0.25) is 0 Å². The quantitative estimate of drug-likeness (QED) is 0.521. The minimum atomic E-state index is -0.119. The monoisotopic (exact) mass is 195 g/mol. The van der Waals surface area contributed by atoms with Crippen LogP contribution in [-0.4, -0.2) is 23.3 Å². The standard InChI is InChI=1S/C12H21NO/c14-12-9-3-1-2-8-11(12)13-10-6-4-5-7-10/h4,6,10-14H,1-3,5,7-9H2. The highest BCUT2D eigenvalue weighted by Gasteiger charge is 2.23. The molecule has 2 nitrogen and oxygen atoms in total. The predicted octanol–water partition coefficient (Wildman–Crippen LogP) is 1.99. The van der Waals surface area contributed by atoms with Gasteiger partial charge >= 0.3 is 0 Å². The van der Waals surface area contributed by atoms with Crippen molar-refractivity contribution in [3.63, 3.8) is 0 Å². The molecule has 0 radical (unpaired) electrons. The SMILES string of the molecule is OC1CCCCCC1NC1C=CCC1. The van der Waals surface area contributed by atoms with E-state index in [4.69, 9.17) is 0 Å². The van der Waals surface area contributed by atoms with Crippen LogP contribution in [0.2, 0.25) is 0 Å². The van der Waals surface area contributed by atoms with Gasteiger partial charge in [-0.2, -0.15) is 0 Å². The first kappa shape index (κ1) is 10.2. The zero-order chi connectivity index (χ0) is 9.80. The van der Waals surface area contributed by atoms with E-state index in [0.717, 1.165) is 12.8 Å². The molecule has 1 fully saturated rings. The van der Waals surface area contributed by atoms with Gasteiger partial charge in [-0.25, -0.2) is 0 Å². The summed E-state index contributed by atoms with van der Waals surface area (Å²) in [6, 6.07) is 0.859. The molecule has 3 atom stereocenters. The van der Waals surface area contributed by atoms with Crippen LogP contribution in [-0.2, 0) is 0 Å². The molecule has 0 heterocycles. The van der Waals surface area contributed by atoms with Gasteiger partial charge in [-0.05, 0) is 25.7 Å². The van der Waals surface area contributed by atoms with Crippen molar-refractivity contribution < 1.29 is 5.11 Å². The molecule has 0 saturated heterocycles. The molecule has 1 saturated carbocycles. The Labute approximate surface area is 86.4 Å². The van der Waals surface area contributed by atoms with E-state index in [2.05, 4.69) is 17.5 Å². The second-order valence-electron chi connectivity index (χ2n) is 4.59. The first-order chi connectivity index (χ1) is 6.86. The molecule has 0 aromatic rings. The minimum Gasteiger partial charge on any atom is -0.392 e. The Balaban J connectivity index is 1.84. The highest BCUT2D eigenvalue weighted by atomic mass is 16.3. The van der Waals surface area contributed by atoms with E-state index in [1.165, 1.54) is 32.1 Å². The van der Waals surface area contributed by atoms with Crippen LogP contribution in [0.5, 0.6) is 0 Å². The lowest BCUT2D eigenvalue weighted by atomic mass is 10.0. The van der Waals surface area contributed by atoms with E-state index in [-0.39, 0.29) is 6.10 Å². The highest BCUT2D eigenvalue weighted by molar-refractivity contribution is 5.02. The third-order valence-corrected chi connectivity index (χ3v) is 3.42. The van der Waals surface area contributed by atoms with Gasteiger partial charge in [0.15, 0.2) is 0 Å². The van der Waals surface area contributed by atoms with Crippen molar-refractivity contribution in [2.45, 2.75) is 63.1 Å². The molecule has 2 rings (SSSR count). The fourth-order valence-electron chi connectivity index (χ4n) is 2.53. The van der Waals surface area contributed by atoms with Crippen molar-refractivity contribution >= 4 is 0 Å². The fraction of sp³-hybridized carbons (Fsp3) is 0.833. The van der Waals surface area contributed by atoms with E-state index >= 15 is 0 Å². The molecule has 0 aromatic carbocycles. The Hall–Kier alpha value is -0.340. The van der Waals surface area contributed by atoms with Crippen LogP contribution < -0.4 is 5.32 Å². The lowest BCUT2D eigenvalue weighted by Gasteiger charge is -2.24. The lowest BCUT2D eigenvalue weighted by Crippen LogP contribution is -2.43. The van der Waals surface area contributed by atoms with Gasteiger partial charge in [0.25, 0.3) is 0 Å². The number of hydrogen-bond acceptors (Lipinski definition) is 2. The van der Waals surface area contributed by atoms with E-state index in [0.29, 0.717) is 12.1 Å². The summed E-state index contributed by atoms with van der Waals surface area (Å²) in [7, 11) is 0. The molecule has 0 aliphatic heterocycles. The van der Waals surface area contributed by atoms with Gasteiger partial charge in [-0.15, -0.1) is 0 Å². The van der Waals surface area contributed by atoms with Crippen LogP contribution in [0.25, 0.3) is 0 Å². The van der Waals surface area contributed by atoms with Crippen LogP contribution in [0.1, 0.15) is 44.9 Å². The van der Waals surface area contributed by atoms with E-state index in [9.17, 15) is 5.11 Å². The maximum atomic E-state index is 9.92. The molecular weight excluding hydrogens is 174 g/mol. The van der Waals surface area contributed by atoms with Gasteiger partial charge in [0, 0.05) is 12.1 Å². The molecular formula is C12H21NO. The maximum absolute atomic E-state index is 9.92. The van der Waals surface area contributed by atoms with Gasteiger partial charge in [-0.1, -0.05) is 31.4 Å². The van der Waals surface area contributed by atoms with Crippen molar-refractivity contribution in [3.05, 3.63) is 12.2 Å². The minimum absolute atomic E-state index is 0.119. The number of aliphatic hydroxyl groups is 1. The molecule has 2 N–H and O–H groups in total. The average molecular weight is 195 g/mol. The Morgan fingerprint density at radius 3 is 2.71 bits per heavy atom. The molecule has 0 spiro atoms. The molecule has 0 bridgehead atoms. The third-order valence-electron chi connectivity index (χ3n) is 3.42. The van der Waals surface area contributed by atoms with E-state index < -0.39 is 0 Å². The molecule has 80 valence electrons. The van der Waals surface area contributed by atoms with Gasteiger partial charge in [0.2, 0.25) is 0 Å². The second kappa shape index (κ2) is 4.94. The summed E-state index contributed by atoms with van der Waals surface area (Å²) < 4.78 is 0. The zero-order valence-corrected chi connectivity index (χ0v) is 8.78. The number of nitrogens with one attached hydrogen (secondary N) is 1. The maximum Gasteiger partial charge on any atom is 0.0693 e. The summed E-state index contributed by atoms with van der Waals surface area (Å²) in [5, 5.41) is 13.5. The number of allylic oxidation sites excluding steroid dienone is 1. The van der Waals surface area contributed by atoms with Crippen LogP contribution in [0.15, 0.2) is 12.2 Å². The number of rotatable bonds is 2. The molecule has 2 heteroatoms. The lowest BCUT2D eigenvalue weighted by molar-refractivity contribution is 0.116. The first-order valence-electron chi connectivity index (χ1n) is 5.97. The summed E-state index contributed by atoms with van der Waals surface area (Å²) >= 11 is 0. The van der Waals surface area contributed by atoms with Crippen molar-refractivity contribution in [2.75, 3.05) is 0 Å². The Morgan fingerprint density at radius 2 is 1.93 bits per heavy atom. The zero-order valence-electron chi connectivity index (χ0n) is 8.78. The van der Waals surface area contributed by atoms with Gasteiger partial charge < -0.3 is 10.4 Å². The largest absolute Gasteiger partial charge is 0.392 e. The molecule has 14 heavy (non-hydrogen) atoms. The number of aliphatic hydroxyl groups excluding tert-OH is 1. The second-order valence-corrected chi connectivity index (χ2v) is 4.59. The fourth-order valence-corrected chi connectivity index (χ4v) is 2.53. The Bertz CT molecular complexity index is 202. The summed E-state index contributed by atoms with van der Waals surface area (Å²) in [4.78, 5) is 0. The normalized spacial score (nSPS) is 38.5. The van der Waals surface area contributed by atoms with Crippen molar-refractivity contribution in [2.24, 2.45) is 0 Å². The summed E-state index contributed by atoms with van der Waals surface area (Å²) in [5.74, 6) is 0. The van der Waals surface area contributed by atoms with Crippen LogP contribution >= 0.6 is 0 Å². The Kier molecular flexibility index (Phi) is 3.60. The van der Waals surface area contributed by atoms with Gasteiger partial charge in [0.05, 0.1) is 6.10 Å². The van der Waals surface area contributed by atoms with E-state index in [1.54, 1.807) is 0 Å². The molecule has 0 aromatic heterocycles. The highest BCUT2D eigenvalue weighted by Crippen LogP contribution is 2.20. The first-order valence-corrected chi connectivity index (χ1v) is 5.97. The smallest absolute Gasteiger partial charge is 0.0693 e. The molecule has 3 unspecified atom stereocenters. The topological polar surface area (TPSA) is 32.3 Å². The molecule has 0 amide bonds. The Morgan fingerprint density at radius 1 is 1.07 bits per heavy atom. The third kappa shape index (κ3) is 2.58. The summed E-state index contributed by atoms with van der Waals surface area (Å²) in [5.41, 5.74) is 0. The number of hydrogen-bond donors (Lipinski definition) is 2. The van der Waals surface area contributed by atoms with Crippen molar-refractivity contribution in [1.29, 1.82) is 0 Å². The van der Waals surface area contributed by atoms with Crippen LogP contribution in [0, 0.1) is 0 Å². The molecule has 2 aliphatic rings. The van der Waals surface area contributed by atoms with Crippen LogP contribution in [0.3, 0.4) is 0 Å². The van der Waals surface area contributed by atoms with Crippen molar-refractivity contribution in [1.82, 2.24) is 5.32 Å². The summed E-state index contributed by atoms with van der Waals surface area (Å²) in [6.07, 6.45) is 12.6. The van der Waals surface area contributed by atoms with E-state index in [1.807, 2.05) is 0 Å². The van der Waals surface area contributed by atoms with Gasteiger partial charge in [0.1, 0.15) is 0 Å².